The lowest BCUT2D eigenvalue weighted by Gasteiger charge is -2.32. The third kappa shape index (κ3) is 5.08. The lowest BCUT2D eigenvalue weighted by molar-refractivity contribution is -0.133. The second kappa shape index (κ2) is 10.3. The Morgan fingerprint density at radius 2 is 1.74 bits per heavy atom. The highest BCUT2D eigenvalue weighted by Crippen LogP contribution is 2.47. The van der Waals surface area contributed by atoms with Crippen molar-refractivity contribution in [1.29, 1.82) is 0 Å². The van der Waals surface area contributed by atoms with Gasteiger partial charge in [-0.2, -0.15) is 0 Å². The molecule has 2 fully saturated rings. The van der Waals surface area contributed by atoms with Crippen LogP contribution in [0, 0.1) is 17.8 Å². The smallest absolute Gasteiger partial charge is 0.337 e. The molecule has 2 amide bonds. The molecule has 6 rings (SSSR count). The minimum absolute atomic E-state index is 0.0120. The molecule has 1 heterocycles. The number of carbonyl (C=O) groups is 3. The molecule has 3 aromatic rings. The van der Waals surface area contributed by atoms with Crippen LogP contribution in [0.1, 0.15) is 58.3 Å². The van der Waals surface area contributed by atoms with Crippen molar-refractivity contribution in [2.24, 2.45) is 17.8 Å². The molecule has 1 aliphatic heterocycles. The molecule has 3 aliphatic rings. The number of esters is 1. The predicted molar refractivity (Wildman–Crippen MR) is 149 cm³/mol. The maximum atomic E-state index is 13.1. The van der Waals surface area contributed by atoms with Gasteiger partial charge in [-0.3, -0.25) is 9.59 Å². The van der Waals surface area contributed by atoms with Crippen LogP contribution in [0.3, 0.4) is 0 Å². The van der Waals surface area contributed by atoms with Crippen LogP contribution in [0.4, 0.5) is 0 Å². The summed E-state index contributed by atoms with van der Waals surface area (Å²) in [5, 5.41) is 3.18. The van der Waals surface area contributed by atoms with Gasteiger partial charge in [-0.1, -0.05) is 61.5 Å². The number of amides is 2. The number of hydrogen-bond donors (Lipinski definition) is 1. The Balaban J connectivity index is 1.26. The number of hydrogen-bond acceptors (Lipinski definition) is 4. The highest BCUT2D eigenvalue weighted by atomic mass is 16.5. The van der Waals surface area contributed by atoms with E-state index in [4.69, 9.17) is 4.74 Å². The minimum atomic E-state index is -0.366. The molecular formula is C33H34N2O4. The van der Waals surface area contributed by atoms with Gasteiger partial charge < -0.3 is 15.0 Å². The molecule has 1 N–H and O–H groups in total. The van der Waals surface area contributed by atoms with Crippen LogP contribution >= 0.6 is 0 Å². The molecule has 3 aromatic carbocycles. The Kier molecular flexibility index (Phi) is 6.71. The Labute approximate surface area is 229 Å². The van der Waals surface area contributed by atoms with Crippen molar-refractivity contribution in [3.05, 3.63) is 94.5 Å². The number of nitrogens with zero attached hydrogens (tertiary/aromatic N) is 1. The average Bonchev–Trinajstić information content (AvgIpc) is 3.91. The van der Waals surface area contributed by atoms with E-state index < -0.39 is 0 Å². The molecule has 2 aliphatic carbocycles. The largest absolute Gasteiger partial charge is 0.465 e. The molecule has 0 spiro atoms. The Hall–Kier alpha value is -3.93. The number of nitrogens with one attached hydrogen (secondary N) is 1. The van der Waals surface area contributed by atoms with Crippen LogP contribution in [-0.2, 0) is 33.8 Å². The van der Waals surface area contributed by atoms with E-state index in [9.17, 15) is 14.4 Å². The minimum Gasteiger partial charge on any atom is -0.465 e. The van der Waals surface area contributed by atoms with Gasteiger partial charge in [0.15, 0.2) is 0 Å². The van der Waals surface area contributed by atoms with Gasteiger partial charge in [0.2, 0.25) is 11.8 Å². The molecule has 200 valence electrons. The summed E-state index contributed by atoms with van der Waals surface area (Å²) >= 11 is 0. The molecule has 2 unspecified atom stereocenters. The van der Waals surface area contributed by atoms with Crippen LogP contribution in [0.5, 0.6) is 0 Å². The standard InChI is InChI=1S/C33H34N2O4/c1-20-15-27(20)32(37)35-14-13-26-25(22-9-6-10-23(16-22)33(38)39-2)12-11-24(30(26)19-35)18-34-31(36)29-17-28(29)21-7-4-3-5-8-21/h3-12,16,20,27-29H,13-15,17-19H2,1-2H3,(H,34,36)/t20?,27?,28-,29-/m1/s1. The van der Waals surface area contributed by atoms with Crippen LogP contribution < -0.4 is 5.32 Å². The summed E-state index contributed by atoms with van der Waals surface area (Å²) in [7, 11) is 1.38. The first-order valence-electron chi connectivity index (χ1n) is 13.9. The summed E-state index contributed by atoms with van der Waals surface area (Å²) in [5.74, 6) is 0.860. The van der Waals surface area contributed by atoms with E-state index in [-0.39, 0.29) is 29.6 Å². The monoisotopic (exact) mass is 522 g/mol. The number of methoxy groups -OCH3 is 1. The third-order valence-corrected chi connectivity index (χ3v) is 8.65. The van der Waals surface area contributed by atoms with Crippen molar-refractivity contribution >= 4 is 17.8 Å². The highest BCUT2D eigenvalue weighted by Gasteiger charge is 2.44. The number of benzene rings is 3. The molecule has 6 nitrogen and oxygen atoms in total. The van der Waals surface area contributed by atoms with E-state index in [1.54, 1.807) is 6.07 Å². The zero-order chi connectivity index (χ0) is 27.1. The Bertz CT molecular complexity index is 1430. The second-order valence-electron chi connectivity index (χ2n) is 11.2. The van der Waals surface area contributed by atoms with E-state index in [1.165, 1.54) is 18.2 Å². The second-order valence-corrected chi connectivity index (χ2v) is 11.2. The van der Waals surface area contributed by atoms with Crippen molar-refractivity contribution in [3.8, 4) is 11.1 Å². The zero-order valence-electron chi connectivity index (χ0n) is 22.5. The fraction of sp³-hybridized carbons (Fsp3) is 0.364. The van der Waals surface area contributed by atoms with Crippen LogP contribution in [0.15, 0.2) is 66.7 Å². The first-order valence-corrected chi connectivity index (χ1v) is 13.9. The summed E-state index contributed by atoms with van der Waals surface area (Å²) in [4.78, 5) is 40.3. The van der Waals surface area contributed by atoms with Gasteiger partial charge in [0, 0.05) is 31.5 Å². The topological polar surface area (TPSA) is 75.7 Å². The molecule has 0 bridgehead atoms. The van der Waals surface area contributed by atoms with E-state index in [0.717, 1.165) is 41.5 Å². The van der Waals surface area contributed by atoms with E-state index in [0.29, 0.717) is 37.0 Å². The maximum absolute atomic E-state index is 13.1. The quantitative estimate of drug-likeness (QED) is 0.438. The Morgan fingerprint density at radius 3 is 2.49 bits per heavy atom. The summed E-state index contributed by atoms with van der Waals surface area (Å²) in [6, 6.07) is 21.9. The fourth-order valence-corrected chi connectivity index (χ4v) is 6.06. The van der Waals surface area contributed by atoms with Crippen LogP contribution in [0.25, 0.3) is 11.1 Å². The maximum Gasteiger partial charge on any atom is 0.337 e. The lowest BCUT2D eigenvalue weighted by Crippen LogP contribution is -2.38. The van der Waals surface area contributed by atoms with Gasteiger partial charge in [-0.05, 0) is 76.6 Å². The van der Waals surface area contributed by atoms with Gasteiger partial charge >= 0.3 is 5.97 Å². The van der Waals surface area contributed by atoms with Gasteiger partial charge in [0.25, 0.3) is 0 Å². The number of fused-ring (bicyclic) bond motifs is 1. The van der Waals surface area contributed by atoms with Gasteiger partial charge in [0.05, 0.1) is 12.7 Å². The lowest BCUT2D eigenvalue weighted by atomic mass is 9.87. The normalized spacial score (nSPS) is 23.0. The Morgan fingerprint density at radius 1 is 0.949 bits per heavy atom. The summed E-state index contributed by atoms with van der Waals surface area (Å²) < 4.78 is 4.93. The molecule has 0 saturated heterocycles. The predicted octanol–water partition coefficient (Wildman–Crippen LogP) is 5.10. The van der Waals surface area contributed by atoms with Gasteiger partial charge in [-0.15, -0.1) is 0 Å². The summed E-state index contributed by atoms with van der Waals surface area (Å²) in [5.41, 5.74) is 7.08. The molecule has 0 radical (unpaired) electrons. The average molecular weight is 523 g/mol. The van der Waals surface area contributed by atoms with Crippen LogP contribution in [-0.4, -0.2) is 36.3 Å². The molecule has 4 atom stereocenters. The van der Waals surface area contributed by atoms with E-state index in [2.05, 4.69) is 36.5 Å². The number of ether oxygens (including phenoxy) is 1. The first-order chi connectivity index (χ1) is 18.9. The number of carbonyl (C=O) groups excluding carboxylic acids is 3. The third-order valence-electron chi connectivity index (χ3n) is 8.65. The SMILES string of the molecule is COC(=O)c1cccc(-c2ccc(CNC(=O)[C@@H]3C[C@@H]3c3ccccc3)c3c2CCN(C(=O)C2CC2C)C3)c1. The number of rotatable bonds is 7. The molecule has 2 saturated carbocycles. The first kappa shape index (κ1) is 25.4. The van der Waals surface area contributed by atoms with E-state index >= 15 is 0 Å². The van der Waals surface area contributed by atoms with E-state index in [1.807, 2.05) is 41.3 Å². The van der Waals surface area contributed by atoms with Gasteiger partial charge in [0.1, 0.15) is 0 Å². The van der Waals surface area contributed by atoms with Crippen molar-refractivity contribution in [2.45, 2.75) is 45.2 Å². The van der Waals surface area contributed by atoms with Crippen molar-refractivity contribution in [1.82, 2.24) is 10.2 Å². The van der Waals surface area contributed by atoms with Crippen molar-refractivity contribution < 1.29 is 19.1 Å². The molecule has 6 heteroatoms. The highest BCUT2D eigenvalue weighted by molar-refractivity contribution is 5.91. The van der Waals surface area contributed by atoms with Crippen molar-refractivity contribution in [3.63, 3.8) is 0 Å². The fourth-order valence-electron chi connectivity index (χ4n) is 6.06. The van der Waals surface area contributed by atoms with Crippen LogP contribution in [0.2, 0.25) is 0 Å². The summed E-state index contributed by atoms with van der Waals surface area (Å²) in [6.45, 7) is 3.79. The molecular weight excluding hydrogens is 488 g/mol. The van der Waals surface area contributed by atoms with Gasteiger partial charge in [-0.25, -0.2) is 4.79 Å². The van der Waals surface area contributed by atoms with Crippen molar-refractivity contribution in [2.75, 3.05) is 13.7 Å². The summed E-state index contributed by atoms with van der Waals surface area (Å²) in [6.07, 6.45) is 2.58. The zero-order valence-corrected chi connectivity index (χ0v) is 22.5. The molecule has 39 heavy (non-hydrogen) atoms. The molecule has 0 aromatic heterocycles.